The van der Waals surface area contributed by atoms with Gasteiger partial charge in [-0.2, -0.15) is 0 Å². The van der Waals surface area contributed by atoms with Gasteiger partial charge in [0.25, 0.3) is 0 Å². The van der Waals surface area contributed by atoms with Crippen molar-refractivity contribution < 1.29 is 28.6 Å². The Kier molecular flexibility index (Phi) is 28.4. The molecule has 0 N–H and O–H groups in total. The lowest BCUT2D eigenvalue weighted by atomic mass is 9.68. The van der Waals surface area contributed by atoms with Crippen LogP contribution in [0.2, 0.25) is 0 Å². The Morgan fingerprint density at radius 1 is 0.574 bits per heavy atom. The quantitative estimate of drug-likeness (QED) is 0.0301. The molecule has 2 aliphatic carbocycles. The van der Waals surface area contributed by atoms with Gasteiger partial charge in [-0.3, -0.25) is 14.4 Å². The Hall–Kier alpha value is -2.15. The molecule has 0 bridgehead atoms. The van der Waals surface area contributed by atoms with Crippen LogP contribution < -0.4 is 0 Å². The number of rotatable bonds is 31. The van der Waals surface area contributed by atoms with Crippen LogP contribution in [0.15, 0.2) is 24.3 Å². The highest BCUT2D eigenvalue weighted by Gasteiger charge is 2.33. The largest absolute Gasteiger partial charge is 0.465 e. The van der Waals surface area contributed by atoms with Gasteiger partial charge in [0.2, 0.25) is 0 Å². The van der Waals surface area contributed by atoms with Gasteiger partial charge in [0.1, 0.15) is 19.8 Å². The van der Waals surface area contributed by atoms with E-state index >= 15 is 0 Å². The Bertz CT molecular complexity index is 1010. The molecule has 312 valence electrons. The van der Waals surface area contributed by atoms with E-state index in [0.717, 1.165) is 88.5 Å². The fraction of sp³-hybridized carbons (Fsp3) is 0.851. The first kappa shape index (κ1) is 48.0. The van der Waals surface area contributed by atoms with Crippen LogP contribution in [0, 0.1) is 29.6 Å². The standard InChI is InChI=1S/C47H83NO6/c1-5-7-9-10-11-12-13-14-15-16-17-18-19-20-21-23-26-45(49)52-37-41(38-53-46(50)27-24-36-48(3)4)39-54-47(51)44-34-32-43(33-35-44)42-30-28-40(29-31-42)25-22-8-6-2/h11-12,14-15,40-44H,5-10,13,16-39H2,1-4H3/b12-11-,15-14-. The smallest absolute Gasteiger partial charge is 0.308 e. The third-order valence-electron chi connectivity index (χ3n) is 11.9. The number of nitrogens with zero attached hydrogens (tertiary/aromatic N) is 1. The summed E-state index contributed by atoms with van der Waals surface area (Å²) in [5.41, 5.74) is 0. The molecule has 7 heteroatoms. The van der Waals surface area contributed by atoms with Crippen LogP contribution in [-0.2, 0) is 28.6 Å². The summed E-state index contributed by atoms with van der Waals surface area (Å²) in [4.78, 5) is 40.2. The van der Waals surface area contributed by atoms with Gasteiger partial charge in [-0.15, -0.1) is 0 Å². The average Bonchev–Trinajstić information content (AvgIpc) is 3.17. The molecule has 2 fully saturated rings. The van der Waals surface area contributed by atoms with E-state index in [2.05, 4.69) is 38.2 Å². The Morgan fingerprint density at radius 3 is 1.67 bits per heavy atom. The van der Waals surface area contributed by atoms with Crippen LogP contribution in [-0.4, -0.2) is 63.3 Å². The molecule has 0 heterocycles. The van der Waals surface area contributed by atoms with Crippen molar-refractivity contribution in [1.29, 1.82) is 0 Å². The molecule has 2 rings (SSSR count). The fourth-order valence-corrected chi connectivity index (χ4v) is 8.28. The maximum Gasteiger partial charge on any atom is 0.308 e. The van der Waals surface area contributed by atoms with Gasteiger partial charge in [0.15, 0.2) is 0 Å². The van der Waals surface area contributed by atoms with Crippen molar-refractivity contribution in [2.75, 3.05) is 40.5 Å². The molecule has 0 amide bonds. The number of ether oxygens (including phenoxy) is 3. The van der Waals surface area contributed by atoms with Crippen LogP contribution in [0.5, 0.6) is 0 Å². The predicted octanol–water partition coefficient (Wildman–Crippen LogP) is 12.0. The van der Waals surface area contributed by atoms with Gasteiger partial charge in [-0.05, 0) is 122 Å². The zero-order valence-electron chi connectivity index (χ0n) is 35.5. The highest BCUT2D eigenvalue weighted by atomic mass is 16.6. The molecule has 0 aromatic heterocycles. The van der Waals surface area contributed by atoms with Crippen molar-refractivity contribution in [1.82, 2.24) is 4.90 Å². The van der Waals surface area contributed by atoms with Crippen LogP contribution in [0.25, 0.3) is 0 Å². The van der Waals surface area contributed by atoms with Gasteiger partial charge < -0.3 is 19.1 Å². The van der Waals surface area contributed by atoms with Crippen molar-refractivity contribution in [3.05, 3.63) is 24.3 Å². The molecule has 0 spiro atoms. The summed E-state index contributed by atoms with van der Waals surface area (Å²) in [6.07, 6.45) is 39.5. The van der Waals surface area contributed by atoms with Crippen LogP contribution in [0.4, 0.5) is 0 Å². The molecule has 0 aromatic rings. The van der Waals surface area contributed by atoms with E-state index in [9.17, 15) is 14.4 Å². The first-order chi connectivity index (χ1) is 26.3. The van der Waals surface area contributed by atoms with E-state index in [-0.39, 0.29) is 49.6 Å². The Balaban J connectivity index is 1.64. The predicted molar refractivity (Wildman–Crippen MR) is 223 cm³/mol. The highest BCUT2D eigenvalue weighted by molar-refractivity contribution is 5.72. The lowest BCUT2D eigenvalue weighted by Gasteiger charge is -2.37. The van der Waals surface area contributed by atoms with E-state index in [1.165, 1.54) is 96.3 Å². The summed E-state index contributed by atoms with van der Waals surface area (Å²) < 4.78 is 17.0. The summed E-state index contributed by atoms with van der Waals surface area (Å²) in [6.45, 7) is 5.61. The second kappa shape index (κ2) is 32.0. The zero-order valence-corrected chi connectivity index (χ0v) is 35.5. The van der Waals surface area contributed by atoms with Crippen molar-refractivity contribution in [2.24, 2.45) is 29.6 Å². The van der Waals surface area contributed by atoms with Crippen molar-refractivity contribution >= 4 is 17.9 Å². The molecular weight excluding hydrogens is 675 g/mol. The normalized spacial score (nSPS) is 21.1. The second-order valence-corrected chi connectivity index (χ2v) is 17.0. The van der Waals surface area contributed by atoms with E-state index in [4.69, 9.17) is 14.2 Å². The monoisotopic (exact) mass is 758 g/mol. The van der Waals surface area contributed by atoms with Crippen LogP contribution in [0.3, 0.4) is 0 Å². The lowest BCUT2D eigenvalue weighted by Crippen LogP contribution is -2.31. The molecule has 0 saturated heterocycles. The molecule has 2 saturated carbocycles. The summed E-state index contributed by atoms with van der Waals surface area (Å²) in [5.74, 6) is 1.42. The number of carbonyl (C=O) groups excluding carboxylic acids is 3. The van der Waals surface area contributed by atoms with Gasteiger partial charge in [-0.25, -0.2) is 0 Å². The summed E-state index contributed by atoms with van der Waals surface area (Å²) in [6, 6.07) is 0. The van der Waals surface area contributed by atoms with E-state index < -0.39 is 0 Å². The lowest BCUT2D eigenvalue weighted by molar-refractivity contribution is -0.156. The minimum Gasteiger partial charge on any atom is -0.465 e. The fourth-order valence-electron chi connectivity index (χ4n) is 8.28. The van der Waals surface area contributed by atoms with Gasteiger partial charge in [-0.1, -0.05) is 115 Å². The maximum absolute atomic E-state index is 13.2. The number of carbonyl (C=O) groups is 3. The van der Waals surface area contributed by atoms with Crippen molar-refractivity contribution in [3.8, 4) is 0 Å². The van der Waals surface area contributed by atoms with Gasteiger partial charge in [0, 0.05) is 12.8 Å². The average molecular weight is 758 g/mol. The molecule has 1 atom stereocenters. The summed E-state index contributed by atoms with van der Waals surface area (Å²) >= 11 is 0. The van der Waals surface area contributed by atoms with E-state index in [0.29, 0.717) is 12.8 Å². The molecule has 2 aliphatic rings. The van der Waals surface area contributed by atoms with Crippen LogP contribution in [0.1, 0.15) is 187 Å². The molecule has 7 nitrogen and oxygen atoms in total. The molecule has 0 aliphatic heterocycles. The third kappa shape index (κ3) is 24.4. The zero-order chi connectivity index (χ0) is 39.1. The Morgan fingerprint density at radius 2 is 1.07 bits per heavy atom. The van der Waals surface area contributed by atoms with Gasteiger partial charge >= 0.3 is 17.9 Å². The Labute approximate surface area is 332 Å². The molecule has 1 unspecified atom stereocenters. The molecule has 0 aromatic carbocycles. The van der Waals surface area contributed by atoms with Gasteiger partial charge in [0.05, 0.1) is 11.8 Å². The highest BCUT2D eigenvalue weighted by Crippen LogP contribution is 2.42. The number of allylic oxidation sites excluding steroid dienone is 4. The topological polar surface area (TPSA) is 82.1 Å². The first-order valence-corrected chi connectivity index (χ1v) is 22.7. The number of hydrogen-bond donors (Lipinski definition) is 0. The molecular formula is C47H83NO6. The first-order valence-electron chi connectivity index (χ1n) is 22.7. The SMILES string of the molecule is CCCCC/C=C\C/C=C\CCCCCCCCC(=O)OCC(COC(=O)CCCN(C)C)COC(=O)C1CCC(C2CCC(CCCCC)CC2)CC1. The number of unbranched alkanes of at least 4 members (excludes halogenated alkanes) is 11. The second-order valence-electron chi connectivity index (χ2n) is 17.0. The number of esters is 3. The van der Waals surface area contributed by atoms with Crippen molar-refractivity contribution in [3.63, 3.8) is 0 Å². The van der Waals surface area contributed by atoms with Crippen molar-refractivity contribution in [2.45, 2.75) is 187 Å². The minimum absolute atomic E-state index is 0.0628. The summed E-state index contributed by atoms with van der Waals surface area (Å²) in [7, 11) is 3.96. The maximum atomic E-state index is 13.2. The number of hydrogen-bond acceptors (Lipinski definition) is 7. The van der Waals surface area contributed by atoms with E-state index in [1.807, 2.05) is 19.0 Å². The third-order valence-corrected chi connectivity index (χ3v) is 11.9. The minimum atomic E-state index is -0.365. The van der Waals surface area contributed by atoms with E-state index in [1.54, 1.807) is 0 Å². The summed E-state index contributed by atoms with van der Waals surface area (Å²) in [5, 5.41) is 0. The van der Waals surface area contributed by atoms with Crippen LogP contribution >= 0.6 is 0 Å². The molecule has 0 radical (unpaired) electrons. The molecule has 54 heavy (non-hydrogen) atoms.